The molecule has 10 heteroatoms. The van der Waals surface area contributed by atoms with E-state index in [2.05, 4.69) is 37.4 Å². The van der Waals surface area contributed by atoms with E-state index in [1.807, 2.05) is 55.6 Å². The summed E-state index contributed by atoms with van der Waals surface area (Å²) in [5.41, 5.74) is 3.67. The number of hydrogen-bond donors (Lipinski definition) is 1. The fourth-order valence-electron chi connectivity index (χ4n) is 3.71. The van der Waals surface area contributed by atoms with Gasteiger partial charge >= 0.3 is 0 Å². The Kier molecular flexibility index (Phi) is 5.94. The highest BCUT2D eigenvalue weighted by Crippen LogP contribution is 2.32. The van der Waals surface area contributed by atoms with E-state index in [0.29, 0.717) is 12.2 Å². The number of pyridine rings is 1. The van der Waals surface area contributed by atoms with Gasteiger partial charge in [-0.1, -0.05) is 0 Å². The Morgan fingerprint density at radius 3 is 2.83 bits per heavy atom. The number of aromatic nitrogens is 5. The van der Waals surface area contributed by atoms with Gasteiger partial charge in [-0.25, -0.2) is 14.4 Å². The minimum atomic E-state index is -0.265. The third-order valence-electron chi connectivity index (χ3n) is 4.93. The minimum absolute atomic E-state index is 0.0245. The maximum atomic E-state index is 12.5. The summed E-state index contributed by atoms with van der Waals surface area (Å²) in [6.45, 7) is 6.19. The summed E-state index contributed by atoms with van der Waals surface area (Å²) in [6.07, 6.45) is 7.12. The van der Waals surface area contributed by atoms with Crippen molar-refractivity contribution in [2.24, 2.45) is 0 Å². The third-order valence-corrected chi connectivity index (χ3v) is 6.82. The van der Waals surface area contributed by atoms with Crippen LogP contribution < -0.4 is 10.2 Å². The van der Waals surface area contributed by atoms with Crippen molar-refractivity contribution < 1.29 is 4.79 Å². The SMILES string of the molecule is CN(CC(=O)NC(C)(C)C)c1nc(-c2cc3cnn(PI)c3cn2)nc2c1CCC2. The van der Waals surface area contributed by atoms with Gasteiger partial charge in [0.05, 0.1) is 30.8 Å². The van der Waals surface area contributed by atoms with Crippen LogP contribution in [0.4, 0.5) is 5.82 Å². The number of carbonyl (C=O) groups is 1. The number of anilines is 1. The number of nitrogens with one attached hydrogen (secondary N) is 1. The molecule has 0 aromatic carbocycles. The van der Waals surface area contributed by atoms with Gasteiger partial charge in [0.2, 0.25) is 5.91 Å². The number of likely N-dealkylation sites (N-methyl/N-ethyl adjacent to an activating group) is 1. The molecule has 1 atom stereocenters. The summed E-state index contributed by atoms with van der Waals surface area (Å²) in [4.78, 5) is 28.6. The van der Waals surface area contributed by atoms with Gasteiger partial charge < -0.3 is 10.2 Å². The van der Waals surface area contributed by atoms with E-state index in [1.165, 1.54) is 0 Å². The van der Waals surface area contributed by atoms with Gasteiger partial charge in [0, 0.05) is 29.2 Å². The molecule has 158 valence electrons. The lowest BCUT2D eigenvalue weighted by Crippen LogP contribution is -2.45. The van der Waals surface area contributed by atoms with Crippen molar-refractivity contribution in [1.29, 1.82) is 0 Å². The van der Waals surface area contributed by atoms with Gasteiger partial charge in [0.1, 0.15) is 11.5 Å². The highest BCUT2D eigenvalue weighted by molar-refractivity contribution is 14.2. The van der Waals surface area contributed by atoms with Crippen LogP contribution in [0.25, 0.3) is 22.4 Å². The van der Waals surface area contributed by atoms with E-state index < -0.39 is 0 Å². The lowest BCUT2D eigenvalue weighted by atomic mass is 10.1. The molecule has 1 N–H and O–H groups in total. The smallest absolute Gasteiger partial charge is 0.239 e. The highest BCUT2D eigenvalue weighted by Gasteiger charge is 2.24. The molecule has 1 aliphatic carbocycles. The molecule has 0 radical (unpaired) electrons. The molecule has 8 nitrogen and oxygen atoms in total. The number of amides is 1. The van der Waals surface area contributed by atoms with Gasteiger partial charge in [0.15, 0.2) is 5.82 Å². The minimum Gasteiger partial charge on any atom is -0.350 e. The predicted molar refractivity (Wildman–Crippen MR) is 129 cm³/mol. The molecule has 0 bridgehead atoms. The molecular weight excluding hydrogens is 512 g/mol. The quantitative estimate of drug-likeness (QED) is 0.396. The first-order chi connectivity index (χ1) is 14.2. The van der Waals surface area contributed by atoms with Crippen LogP contribution in [0.3, 0.4) is 0 Å². The van der Waals surface area contributed by atoms with Crippen LogP contribution in [0.2, 0.25) is 0 Å². The molecule has 4 rings (SSSR count). The van der Waals surface area contributed by atoms with Gasteiger partial charge in [-0.2, -0.15) is 5.10 Å². The van der Waals surface area contributed by atoms with E-state index in [9.17, 15) is 4.79 Å². The summed E-state index contributed by atoms with van der Waals surface area (Å²) in [6, 6.07) is 1.99. The van der Waals surface area contributed by atoms with Crippen LogP contribution in [0.5, 0.6) is 0 Å². The molecule has 3 aromatic heterocycles. The monoisotopic (exact) mass is 537 g/mol. The third kappa shape index (κ3) is 4.42. The molecule has 1 amide bonds. The number of carbonyl (C=O) groups excluding carboxylic acids is 1. The van der Waals surface area contributed by atoms with Gasteiger partial charge in [-0.15, -0.1) is 0 Å². The van der Waals surface area contributed by atoms with Gasteiger partial charge in [0.25, 0.3) is 0 Å². The van der Waals surface area contributed by atoms with E-state index in [1.54, 1.807) is 0 Å². The number of fused-ring (bicyclic) bond motifs is 2. The number of hydrogen-bond acceptors (Lipinski definition) is 6. The van der Waals surface area contributed by atoms with E-state index in [4.69, 9.17) is 9.97 Å². The van der Waals surface area contributed by atoms with Crippen molar-refractivity contribution in [2.45, 2.75) is 45.6 Å². The molecule has 0 fully saturated rings. The Morgan fingerprint density at radius 2 is 2.10 bits per heavy atom. The molecule has 1 aliphatic rings. The lowest BCUT2D eigenvalue weighted by Gasteiger charge is -2.25. The van der Waals surface area contributed by atoms with Crippen LogP contribution in [0.15, 0.2) is 18.5 Å². The molecule has 3 aromatic rings. The van der Waals surface area contributed by atoms with Crippen LogP contribution in [-0.4, -0.2) is 49.5 Å². The number of aryl methyl sites for hydroxylation is 1. The number of rotatable bonds is 5. The normalized spacial score (nSPS) is 13.9. The van der Waals surface area contributed by atoms with Gasteiger partial charge in [-0.05, 0) is 68.1 Å². The standard InChI is InChI=1S/C20H25IN7OP/c1-20(2,3)26-17(29)11-27(4)19-13-6-5-7-14(13)24-18(25-19)15-8-12-9-23-28(30-21)16(12)10-22-15/h8-10,30H,5-7,11H2,1-4H3,(H,26,29). The fraction of sp³-hybridized carbons (Fsp3) is 0.450. The second-order valence-electron chi connectivity index (χ2n) is 8.57. The summed E-state index contributed by atoms with van der Waals surface area (Å²) in [5, 5.41) is 8.44. The summed E-state index contributed by atoms with van der Waals surface area (Å²) >= 11 is 2.30. The molecule has 0 spiro atoms. The molecule has 0 saturated heterocycles. The average Bonchev–Trinajstić information content (AvgIpc) is 3.31. The largest absolute Gasteiger partial charge is 0.350 e. The first-order valence-electron chi connectivity index (χ1n) is 9.88. The van der Waals surface area contributed by atoms with Crippen LogP contribution in [-0.2, 0) is 17.6 Å². The fourth-order valence-corrected chi connectivity index (χ4v) is 5.24. The molecule has 30 heavy (non-hydrogen) atoms. The zero-order valence-electron chi connectivity index (χ0n) is 17.5. The Labute approximate surface area is 190 Å². The molecule has 3 heterocycles. The number of nitrogens with zero attached hydrogens (tertiary/aromatic N) is 6. The molecular formula is C20H25IN7OP. The average molecular weight is 537 g/mol. The number of halogens is 1. The summed E-state index contributed by atoms with van der Waals surface area (Å²) < 4.78 is 1.93. The zero-order valence-corrected chi connectivity index (χ0v) is 20.7. The zero-order chi connectivity index (χ0) is 21.5. The second-order valence-corrected chi connectivity index (χ2v) is 10.6. The van der Waals surface area contributed by atoms with E-state index in [-0.39, 0.29) is 18.0 Å². The van der Waals surface area contributed by atoms with Crippen LogP contribution in [0, 0.1) is 0 Å². The Hall–Kier alpha value is -1.87. The molecule has 0 aliphatic heterocycles. The van der Waals surface area contributed by atoms with E-state index in [0.717, 1.165) is 52.9 Å². The van der Waals surface area contributed by atoms with Crippen molar-refractivity contribution in [3.63, 3.8) is 0 Å². The van der Waals surface area contributed by atoms with E-state index >= 15 is 0 Å². The maximum absolute atomic E-state index is 12.5. The van der Waals surface area contributed by atoms with Crippen LogP contribution >= 0.6 is 28.4 Å². The van der Waals surface area contributed by atoms with Crippen molar-refractivity contribution >= 4 is 51.0 Å². The topological polar surface area (TPSA) is 88.8 Å². The lowest BCUT2D eigenvalue weighted by molar-refractivity contribution is -0.121. The van der Waals surface area contributed by atoms with Crippen molar-refractivity contribution in [3.8, 4) is 11.5 Å². The first-order valence-corrected chi connectivity index (χ1v) is 13.9. The van der Waals surface area contributed by atoms with Crippen molar-refractivity contribution in [1.82, 2.24) is 29.8 Å². The Balaban J connectivity index is 1.68. The Bertz CT molecular complexity index is 1110. The van der Waals surface area contributed by atoms with Gasteiger partial charge in [-0.3, -0.25) is 9.78 Å². The summed E-state index contributed by atoms with van der Waals surface area (Å²) in [7, 11) is 1.91. The molecule has 1 unspecified atom stereocenters. The first kappa shape index (κ1) is 21.4. The highest BCUT2D eigenvalue weighted by atomic mass is 127. The molecule has 0 saturated carbocycles. The summed E-state index contributed by atoms with van der Waals surface area (Å²) in [5.74, 6) is 1.40. The second kappa shape index (κ2) is 8.34. The van der Waals surface area contributed by atoms with Crippen molar-refractivity contribution in [2.75, 3.05) is 18.5 Å². The maximum Gasteiger partial charge on any atom is 0.239 e. The van der Waals surface area contributed by atoms with Crippen LogP contribution in [0.1, 0.15) is 38.4 Å². The Morgan fingerprint density at radius 1 is 1.30 bits per heavy atom. The predicted octanol–water partition coefficient (Wildman–Crippen LogP) is 3.52. The van der Waals surface area contributed by atoms with Crippen molar-refractivity contribution in [3.05, 3.63) is 29.7 Å².